The molecule has 1 aliphatic carbocycles. The molecule has 15 heteroatoms. The molecule has 0 bridgehead atoms. The van der Waals surface area contributed by atoms with Crippen LogP contribution in [0, 0.1) is 0 Å². The third-order valence-corrected chi connectivity index (χ3v) is 9.50. The van der Waals surface area contributed by atoms with Crippen LogP contribution in [0.25, 0.3) is 11.1 Å². The number of unbranched alkanes of at least 4 members (excludes halogenated alkanes) is 1. The lowest BCUT2D eigenvalue weighted by atomic mass is 9.98. The zero-order valence-corrected chi connectivity index (χ0v) is 36.5. The number of amides is 1. The molecule has 0 fully saturated rings. The number of carbonyl (C=O) groups is 2. The minimum absolute atomic E-state index is 0.0447. The van der Waals surface area contributed by atoms with E-state index < -0.39 is 6.09 Å². The Morgan fingerprint density at radius 2 is 0.887 bits per heavy atom. The zero-order valence-electron chi connectivity index (χ0n) is 36.5. The molecule has 344 valence electrons. The SMILES string of the molecule is CCCCNc1ccc(C(=O)OCCOCCOCCOCCOCCOCCOCCOCCOCCOCCCNC(=O)OCC2c3ccccc3-c3ccccc32)cc1. The summed E-state index contributed by atoms with van der Waals surface area (Å²) in [5, 5.41) is 6.13. The van der Waals surface area contributed by atoms with Gasteiger partial charge in [0.25, 0.3) is 0 Å². The smallest absolute Gasteiger partial charge is 0.407 e. The van der Waals surface area contributed by atoms with Gasteiger partial charge in [-0.2, -0.15) is 0 Å². The summed E-state index contributed by atoms with van der Waals surface area (Å²) in [5.74, 6) is -0.321. The summed E-state index contributed by atoms with van der Waals surface area (Å²) in [6.45, 7) is 12.3. The first kappa shape index (κ1) is 50.5. The van der Waals surface area contributed by atoms with Gasteiger partial charge in [0, 0.05) is 31.3 Å². The average molecular weight is 869 g/mol. The Morgan fingerprint density at radius 1 is 0.468 bits per heavy atom. The van der Waals surface area contributed by atoms with Crippen molar-refractivity contribution in [2.24, 2.45) is 0 Å². The molecule has 0 spiro atoms. The predicted octanol–water partition coefficient (Wildman–Crippen LogP) is 6.13. The number of anilines is 1. The normalized spacial score (nSPS) is 12.0. The van der Waals surface area contributed by atoms with E-state index in [0.29, 0.717) is 144 Å². The van der Waals surface area contributed by atoms with Crippen molar-refractivity contribution in [3.05, 3.63) is 89.5 Å². The molecule has 3 aromatic carbocycles. The molecule has 0 aromatic heterocycles. The van der Waals surface area contributed by atoms with E-state index in [4.69, 9.17) is 52.1 Å². The summed E-state index contributed by atoms with van der Waals surface area (Å²) >= 11 is 0. The van der Waals surface area contributed by atoms with Crippen molar-refractivity contribution in [2.75, 3.05) is 151 Å². The molecule has 0 aliphatic heterocycles. The maximum absolute atomic E-state index is 12.3. The van der Waals surface area contributed by atoms with E-state index in [2.05, 4.69) is 41.8 Å². The highest BCUT2D eigenvalue weighted by Crippen LogP contribution is 2.44. The van der Waals surface area contributed by atoms with Gasteiger partial charge in [0.2, 0.25) is 0 Å². The summed E-state index contributed by atoms with van der Waals surface area (Å²) in [7, 11) is 0. The third-order valence-electron chi connectivity index (χ3n) is 9.50. The summed E-state index contributed by atoms with van der Waals surface area (Å²) < 4.78 is 60.5. The number of benzene rings is 3. The second-order valence-electron chi connectivity index (χ2n) is 14.1. The van der Waals surface area contributed by atoms with Crippen LogP contribution in [0.3, 0.4) is 0 Å². The van der Waals surface area contributed by atoms with Crippen LogP contribution in [0.15, 0.2) is 72.8 Å². The van der Waals surface area contributed by atoms with Gasteiger partial charge >= 0.3 is 12.1 Å². The Labute approximate surface area is 367 Å². The van der Waals surface area contributed by atoms with E-state index in [1.165, 1.54) is 22.3 Å². The highest BCUT2D eigenvalue weighted by atomic mass is 16.6. The molecule has 0 atom stereocenters. The largest absolute Gasteiger partial charge is 0.460 e. The molecule has 1 amide bonds. The van der Waals surface area contributed by atoms with Crippen LogP contribution in [0.2, 0.25) is 0 Å². The van der Waals surface area contributed by atoms with Gasteiger partial charge in [-0.15, -0.1) is 0 Å². The lowest BCUT2D eigenvalue weighted by Crippen LogP contribution is -2.27. The molecule has 62 heavy (non-hydrogen) atoms. The molecular weight excluding hydrogens is 801 g/mol. The number of alkyl carbamates (subject to hydrolysis) is 1. The van der Waals surface area contributed by atoms with E-state index >= 15 is 0 Å². The Bertz CT molecular complexity index is 1570. The monoisotopic (exact) mass is 868 g/mol. The summed E-state index contributed by atoms with van der Waals surface area (Å²) in [4.78, 5) is 24.5. The van der Waals surface area contributed by atoms with Gasteiger partial charge in [-0.3, -0.25) is 0 Å². The van der Waals surface area contributed by atoms with E-state index in [9.17, 15) is 9.59 Å². The van der Waals surface area contributed by atoms with Gasteiger partial charge < -0.3 is 62.7 Å². The van der Waals surface area contributed by atoms with Crippen molar-refractivity contribution in [3.8, 4) is 11.1 Å². The van der Waals surface area contributed by atoms with Crippen LogP contribution in [-0.2, 0) is 52.1 Å². The fourth-order valence-corrected chi connectivity index (χ4v) is 6.29. The van der Waals surface area contributed by atoms with Gasteiger partial charge in [0.1, 0.15) is 13.2 Å². The maximum atomic E-state index is 12.3. The molecule has 0 saturated heterocycles. The first-order valence-corrected chi connectivity index (χ1v) is 22.0. The number of carbonyl (C=O) groups excluding carboxylic acids is 2. The van der Waals surface area contributed by atoms with Crippen molar-refractivity contribution < 1.29 is 61.7 Å². The topological polar surface area (TPSA) is 160 Å². The summed E-state index contributed by atoms with van der Waals surface area (Å²) in [5.41, 5.74) is 6.30. The average Bonchev–Trinajstić information content (AvgIpc) is 3.62. The summed E-state index contributed by atoms with van der Waals surface area (Å²) in [6.07, 6.45) is 2.49. The van der Waals surface area contributed by atoms with Crippen molar-refractivity contribution in [3.63, 3.8) is 0 Å². The number of esters is 1. The standard InChI is InChI=1S/C47H68N2O13/c1-2-3-17-48-40-15-13-39(14-16-40)46(50)61-37-36-60-35-34-59-33-32-58-31-30-57-29-28-56-27-26-55-25-24-54-23-22-53-21-20-52-19-8-18-49-47(51)62-38-45-43-11-6-4-9-41(43)42-10-5-7-12-44(42)45/h4-7,9-16,45,48H,2-3,8,17-38H2,1H3,(H,49,51). The van der Waals surface area contributed by atoms with Crippen LogP contribution in [0.1, 0.15) is 53.6 Å². The minimum Gasteiger partial charge on any atom is -0.460 e. The van der Waals surface area contributed by atoms with Crippen LogP contribution in [0.5, 0.6) is 0 Å². The lowest BCUT2D eigenvalue weighted by molar-refractivity contribution is -0.0259. The van der Waals surface area contributed by atoms with Gasteiger partial charge in [0.15, 0.2) is 0 Å². The predicted molar refractivity (Wildman–Crippen MR) is 235 cm³/mol. The minimum atomic E-state index is -0.419. The van der Waals surface area contributed by atoms with Gasteiger partial charge in [-0.25, -0.2) is 9.59 Å². The number of fused-ring (bicyclic) bond motifs is 3. The molecule has 0 saturated carbocycles. The maximum Gasteiger partial charge on any atom is 0.407 e. The first-order chi connectivity index (χ1) is 30.7. The van der Waals surface area contributed by atoms with E-state index in [0.717, 1.165) is 25.1 Å². The van der Waals surface area contributed by atoms with E-state index in [1.807, 2.05) is 36.4 Å². The van der Waals surface area contributed by atoms with Crippen molar-refractivity contribution in [1.29, 1.82) is 0 Å². The molecule has 3 aromatic rings. The molecule has 0 heterocycles. The second-order valence-corrected chi connectivity index (χ2v) is 14.1. The van der Waals surface area contributed by atoms with Crippen LogP contribution in [-0.4, -0.2) is 157 Å². The summed E-state index contributed by atoms with van der Waals surface area (Å²) in [6, 6.07) is 23.8. The third kappa shape index (κ3) is 21.3. The fourth-order valence-electron chi connectivity index (χ4n) is 6.29. The second kappa shape index (κ2) is 33.4. The molecule has 0 radical (unpaired) electrons. The quantitative estimate of drug-likeness (QED) is 0.0500. The van der Waals surface area contributed by atoms with Crippen LogP contribution >= 0.6 is 0 Å². The highest BCUT2D eigenvalue weighted by Gasteiger charge is 2.29. The van der Waals surface area contributed by atoms with Crippen molar-refractivity contribution in [1.82, 2.24) is 5.32 Å². The van der Waals surface area contributed by atoms with Gasteiger partial charge in [-0.1, -0.05) is 61.9 Å². The Balaban J connectivity index is 0.784. The van der Waals surface area contributed by atoms with E-state index in [-0.39, 0.29) is 18.5 Å². The number of nitrogens with one attached hydrogen (secondary N) is 2. The number of hydrogen-bond acceptors (Lipinski definition) is 14. The molecular formula is C47H68N2O13. The van der Waals surface area contributed by atoms with Crippen LogP contribution in [0.4, 0.5) is 10.5 Å². The van der Waals surface area contributed by atoms with Crippen LogP contribution < -0.4 is 10.6 Å². The number of hydrogen-bond donors (Lipinski definition) is 2. The van der Waals surface area contributed by atoms with Gasteiger partial charge in [-0.05, 0) is 59.4 Å². The Hall–Kier alpha value is -4.16. The molecule has 2 N–H and O–H groups in total. The van der Waals surface area contributed by atoms with E-state index in [1.54, 1.807) is 12.1 Å². The van der Waals surface area contributed by atoms with Crippen molar-refractivity contribution >= 4 is 17.7 Å². The molecule has 1 aliphatic rings. The molecule has 15 nitrogen and oxygen atoms in total. The first-order valence-electron chi connectivity index (χ1n) is 22.0. The highest BCUT2D eigenvalue weighted by molar-refractivity contribution is 5.89. The van der Waals surface area contributed by atoms with Gasteiger partial charge in [0.05, 0.1) is 118 Å². The fraction of sp³-hybridized carbons (Fsp3) is 0.574. The molecule has 4 rings (SSSR count). The van der Waals surface area contributed by atoms with Crippen molar-refractivity contribution in [2.45, 2.75) is 32.1 Å². The zero-order chi connectivity index (χ0) is 43.6. The lowest BCUT2D eigenvalue weighted by Gasteiger charge is -2.14. The Kier molecular flexibility index (Phi) is 27.2. The number of rotatable bonds is 38. The number of ether oxygens (including phenoxy) is 11. The molecule has 0 unspecified atom stereocenters. The Morgan fingerprint density at radius 3 is 1.34 bits per heavy atom.